The van der Waals surface area contributed by atoms with Crippen LogP contribution in [0.2, 0.25) is 0 Å². The van der Waals surface area contributed by atoms with Crippen molar-refractivity contribution in [3.63, 3.8) is 0 Å². The highest BCUT2D eigenvalue weighted by Crippen LogP contribution is 2.22. The van der Waals surface area contributed by atoms with E-state index in [9.17, 15) is 0 Å². The fourth-order valence-electron chi connectivity index (χ4n) is 1.23. The van der Waals surface area contributed by atoms with Gasteiger partial charge in [-0.15, -0.1) is 0 Å². The second-order valence-electron chi connectivity index (χ2n) is 2.64. The summed E-state index contributed by atoms with van der Waals surface area (Å²) in [5, 5.41) is 1.88. The number of nitrogens with two attached hydrogens (primary N) is 2. The molecule has 0 heterocycles. The fraction of sp³-hybridized carbons (Fsp3) is 0. The summed E-state index contributed by atoms with van der Waals surface area (Å²) in [6, 6.07) is 13.0. The predicted octanol–water partition coefficient (Wildman–Crippen LogP) is 1.60. The average molecular weight is 156 g/mol. The number of nitrogen functional groups attached to an aromatic ring is 2. The summed E-state index contributed by atoms with van der Waals surface area (Å²) < 4.78 is 0. The van der Waals surface area contributed by atoms with Crippen LogP contribution in [0.5, 0.6) is 0 Å². The van der Waals surface area contributed by atoms with Gasteiger partial charge in [0.25, 0.3) is 0 Å². The van der Waals surface area contributed by atoms with Crippen molar-refractivity contribution in [3.05, 3.63) is 36.4 Å². The topological polar surface area (TPSA) is 52.0 Å². The van der Waals surface area contributed by atoms with Crippen LogP contribution >= 0.6 is 0 Å². The van der Waals surface area contributed by atoms with Crippen LogP contribution in [0, 0.1) is 12.1 Å². The van der Waals surface area contributed by atoms with Gasteiger partial charge in [0.1, 0.15) is 0 Å². The molecule has 4 N–H and O–H groups in total. The van der Waals surface area contributed by atoms with Crippen LogP contribution in [0.3, 0.4) is 0 Å². The Kier molecular flexibility index (Phi) is 1.31. The van der Waals surface area contributed by atoms with Crippen LogP contribution in [0.4, 0.5) is 11.4 Å². The smallest absolute Gasteiger partial charge is 0.0911 e. The van der Waals surface area contributed by atoms with E-state index < -0.39 is 0 Å². The van der Waals surface area contributed by atoms with E-state index in [2.05, 4.69) is 12.1 Å². The lowest BCUT2D eigenvalue weighted by atomic mass is 10.1. The molecule has 0 bridgehead atoms. The maximum absolute atomic E-state index is 5.74. The Morgan fingerprint density at radius 2 is 1.92 bits per heavy atom. The molecule has 0 saturated carbocycles. The molecule has 2 rings (SSSR count). The largest absolute Gasteiger partial charge is 0.398 e. The maximum atomic E-state index is 5.74. The van der Waals surface area contributed by atoms with Gasteiger partial charge in [0.2, 0.25) is 0 Å². The molecule has 2 nitrogen and oxygen atoms in total. The number of hydrogen-bond acceptors (Lipinski definition) is 2. The summed E-state index contributed by atoms with van der Waals surface area (Å²) >= 11 is 0. The van der Waals surface area contributed by atoms with Gasteiger partial charge in [0.15, 0.2) is 0 Å². The van der Waals surface area contributed by atoms with E-state index >= 15 is 0 Å². The predicted molar refractivity (Wildman–Crippen MR) is 50.4 cm³/mol. The Labute approximate surface area is 70.8 Å². The normalized spacial score (nSPS) is 9.67. The van der Waals surface area contributed by atoms with Crippen molar-refractivity contribution in [2.75, 3.05) is 11.5 Å². The molecule has 0 aromatic heterocycles. The molecule has 0 unspecified atom stereocenters. The lowest BCUT2D eigenvalue weighted by Crippen LogP contribution is -1.89. The molecule has 0 spiro atoms. The van der Waals surface area contributed by atoms with E-state index in [4.69, 9.17) is 11.5 Å². The third-order valence-electron chi connectivity index (χ3n) is 1.85. The third kappa shape index (κ3) is 0.841. The van der Waals surface area contributed by atoms with E-state index in [-0.39, 0.29) is 0 Å². The molecule has 0 aliphatic rings. The van der Waals surface area contributed by atoms with Gasteiger partial charge in [-0.05, 0) is 18.2 Å². The van der Waals surface area contributed by atoms with E-state index in [1.54, 1.807) is 6.07 Å². The quantitative estimate of drug-likeness (QED) is 0.569. The van der Waals surface area contributed by atoms with Gasteiger partial charge >= 0.3 is 0 Å². The SMILES string of the molecule is Nc1c#ccc2c(N)cccc12. The molecule has 2 aromatic carbocycles. The molecule has 2 aromatic rings. The third-order valence-corrected chi connectivity index (χ3v) is 1.85. The summed E-state index contributed by atoms with van der Waals surface area (Å²) in [6.07, 6.45) is 0. The first-order chi connectivity index (χ1) is 5.79. The zero-order chi connectivity index (χ0) is 8.55. The molecule has 0 fully saturated rings. The zero-order valence-corrected chi connectivity index (χ0v) is 6.46. The second kappa shape index (κ2) is 2.31. The zero-order valence-electron chi connectivity index (χ0n) is 6.46. The molecule has 0 atom stereocenters. The molecule has 0 aliphatic heterocycles. The molecule has 58 valence electrons. The van der Waals surface area contributed by atoms with Crippen molar-refractivity contribution in [1.82, 2.24) is 0 Å². The minimum Gasteiger partial charge on any atom is -0.398 e. The first-order valence-electron chi connectivity index (χ1n) is 3.65. The van der Waals surface area contributed by atoms with Crippen LogP contribution in [0.1, 0.15) is 0 Å². The number of fused-ring (bicyclic) bond motifs is 1. The van der Waals surface area contributed by atoms with Crippen molar-refractivity contribution in [3.8, 4) is 0 Å². The van der Waals surface area contributed by atoms with Crippen molar-refractivity contribution in [2.45, 2.75) is 0 Å². The number of anilines is 2. The van der Waals surface area contributed by atoms with Crippen LogP contribution in [-0.2, 0) is 0 Å². The average Bonchev–Trinajstić information content (AvgIpc) is 2.07. The molecular formula is C10H8N2. The Balaban J connectivity index is 2.94. The van der Waals surface area contributed by atoms with E-state index in [0.29, 0.717) is 5.69 Å². The minimum absolute atomic E-state index is 0.597. The van der Waals surface area contributed by atoms with E-state index in [0.717, 1.165) is 16.5 Å². The van der Waals surface area contributed by atoms with E-state index in [1.165, 1.54) is 0 Å². The maximum Gasteiger partial charge on any atom is 0.0911 e. The summed E-state index contributed by atoms with van der Waals surface area (Å²) in [5.74, 6) is 0. The molecular weight excluding hydrogens is 148 g/mol. The Hall–Kier alpha value is -1.88. The highest BCUT2D eigenvalue weighted by Gasteiger charge is 1.97. The standard InChI is InChI=1S/C10H8N2/c11-9-5-1-3-7-8(9)4-2-6-10(7)12/h1,3-5H,11-12H2. The monoisotopic (exact) mass is 156 g/mol. The first kappa shape index (κ1) is 6.81. The van der Waals surface area contributed by atoms with Gasteiger partial charge in [-0.3, -0.25) is 0 Å². The first-order valence-corrected chi connectivity index (χ1v) is 3.65. The van der Waals surface area contributed by atoms with Crippen molar-refractivity contribution >= 4 is 22.1 Å². The number of rotatable bonds is 0. The second-order valence-corrected chi connectivity index (χ2v) is 2.64. The molecule has 0 saturated heterocycles. The van der Waals surface area contributed by atoms with Gasteiger partial charge in [0, 0.05) is 16.5 Å². The van der Waals surface area contributed by atoms with Crippen LogP contribution in [0.15, 0.2) is 24.3 Å². The number of benzene rings is 1. The molecule has 0 radical (unpaired) electrons. The summed E-state index contributed by atoms with van der Waals surface area (Å²) in [5.41, 5.74) is 12.7. The van der Waals surface area contributed by atoms with Crippen LogP contribution < -0.4 is 11.5 Å². The van der Waals surface area contributed by atoms with Crippen LogP contribution in [-0.4, -0.2) is 0 Å². The molecule has 0 amide bonds. The Bertz CT molecular complexity index is 380. The van der Waals surface area contributed by atoms with Gasteiger partial charge in [-0.1, -0.05) is 18.2 Å². The van der Waals surface area contributed by atoms with Gasteiger partial charge in [-0.25, -0.2) is 0 Å². The highest BCUT2D eigenvalue weighted by molar-refractivity contribution is 5.98. The van der Waals surface area contributed by atoms with Crippen molar-refractivity contribution in [1.29, 1.82) is 0 Å². The minimum atomic E-state index is 0.597. The lowest BCUT2D eigenvalue weighted by Gasteiger charge is -2.00. The summed E-state index contributed by atoms with van der Waals surface area (Å²) in [6.45, 7) is 0. The summed E-state index contributed by atoms with van der Waals surface area (Å²) in [7, 11) is 0. The lowest BCUT2D eigenvalue weighted by molar-refractivity contribution is 1.73. The fourth-order valence-corrected chi connectivity index (χ4v) is 1.23. The van der Waals surface area contributed by atoms with E-state index in [1.807, 2.05) is 18.2 Å². The molecule has 0 aliphatic carbocycles. The Morgan fingerprint density at radius 3 is 2.67 bits per heavy atom. The number of hydrogen-bond donors (Lipinski definition) is 2. The highest BCUT2D eigenvalue weighted by atomic mass is 14.6. The van der Waals surface area contributed by atoms with Gasteiger partial charge in [0.05, 0.1) is 5.69 Å². The van der Waals surface area contributed by atoms with Crippen molar-refractivity contribution < 1.29 is 0 Å². The van der Waals surface area contributed by atoms with Crippen LogP contribution in [0.25, 0.3) is 10.8 Å². The Morgan fingerprint density at radius 1 is 1.08 bits per heavy atom. The van der Waals surface area contributed by atoms with Gasteiger partial charge in [-0.2, -0.15) is 0 Å². The molecule has 12 heavy (non-hydrogen) atoms. The molecule has 2 heteroatoms. The van der Waals surface area contributed by atoms with Crippen molar-refractivity contribution in [2.24, 2.45) is 0 Å². The summed E-state index contributed by atoms with van der Waals surface area (Å²) in [4.78, 5) is 0. The van der Waals surface area contributed by atoms with Gasteiger partial charge < -0.3 is 11.5 Å².